The fourth-order valence-electron chi connectivity index (χ4n) is 8.01. The van der Waals surface area contributed by atoms with Crippen molar-refractivity contribution in [2.75, 3.05) is 57.3 Å². The second kappa shape index (κ2) is 15.1. The lowest BCUT2D eigenvalue weighted by atomic mass is 9.71. The second-order valence-corrected chi connectivity index (χ2v) is 16.4. The Morgan fingerprint density at radius 3 is 2.41 bits per heavy atom. The highest BCUT2D eigenvalue weighted by Gasteiger charge is 2.46. The Hall–Kier alpha value is -2.94. The lowest BCUT2D eigenvalue weighted by Crippen LogP contribution is -2.61. The molecule has 270 valence electrons. The summed E-state index contributed by atoms with van der Waals surface area (Å²) in [5.41, 5.74) is 0.378. The quantitative estimate of drug-likeness (QED) is 0.348. The van der Waals surface area contributed by atoms with E-state index in [1.165, 1.54) is 28.8 Å². The van der Waals surface area contributed by atoms with Gasteiger partial charge < -0.3 is 19.4 Å². The van der Waals surface area contributed by atoms with E-state index in [0.29, 0.717) is 24.0 Å². The van der Waals surface area contributed by atoms with E-state index in [1.807, 2.05) is 20.8 Å². The van der Waals surface area contributed by atoms with Gasteiger partial charge in [0.15, 0.2) is 11.6 Å². The van der Waals surface area contributed by atoms with Crippen LogP contribution in [0.4, 0.5) is 14.6 Å². The maximum Gasteiger partial charge on any atom is 0.279 e. The van der Waals surface area contributed by atoms with Crippen molar-refractivity contribution in [3.8, 4) is 11.5 Å². The minimum Gasteiger partial charge on any atom is -0.451 e. The van der Waals surface area contributed by atoms with Crippen LogP contribution >= 0.6 is 0 Å². The van der Waals surface area contributed by atoms with Gasteiger partial charge in [-0.15, -0.1) is 0 Å². The largest absolute Gasteiger partial charge is 0.451 e. The van der Waals surface area contributed by atoms with Crippen LogP contribution < -0.4 is 14.4 Å². The number of aromatic nitrogens is 2. The molecule has 2 aromatic rings. The van der Waals surface area contributed by atoms with Crippen molar-refractivity contribution in [1.29, 1.82) is 0 Å². The van der Waals surface area contributed by atoms with E-state index < -0.39 is 22.2 Å². The van der Waals surface area contributed by atoms with Gasteiger partial charge in [0.25, 0.3) is 16.1 Å². The van der Waals surface area contributed by atoms with Crippen LogP contribution in [0.3, 0.4) is 0 Å². The number of ether oxygens (including phenoxy) is 1. The number of nitrogens with one attached hydrogen (secondary N) is 1. The zero-order valence-electron chi connectivity index (χ0n) is 29.0. The SMILES string of the molecule is CCN(C(=O)c1cc(F)ccc1Oc1cncnc1N1CC2(CCN(C[C@H]3CC[C@H](NS(=O)(=O)N4CCC(F)CC4)CC3)CC2)C1)C(C)C. The van der Waals surface area contributed by atoms with Gasteiger partial charge in [0.1, 0.15) is 24.1 Å². The van der Waals surface area contributed by atoms with Crippen molar-refractivity contribution < 1.29 is 26.7 Å². The van der Waals surface area contributed by atoms with Crippen LogP contribution in [0, 0.1) is 17.2 Å². The Kier molecular flexibility index (Phi) is 11.1. The molecule has 0 atom stereocenters. The number of hydrogen-bond acceptors (Lipinski definition) is 8. The third kappa shape index (κ3) is 8.34. The molecule has 6 rings (SSSR count). The molecule has 0 unspecified atom stereocenters. The molecule has 11 nitrogen and oxygen atoms in total. The zero-order valence-corrected chi connectivity index (χ0v) is 29.8. The summed E-state index contributed by atoms with van der Waals surface area (Å²) in [6.45, 7) is 11.6. The second-order valence-electron chi connectivity index (χ2n) is 14.7. The predicted octanol–water partition coefficient (Wildman–Crippen LogP) is 5.01. The highest BCUT2D eigenvalue weighted by Crippen LogP contribution is 2.45. The van der Waals surface area contributed by atoms with Crippen molar-refractivity contribution in [2.45, 2.75) is 90.4 Å². The summed E-state index contributed by atoms with van der Waals surface area (Å²) >= 11 is 0. The summed E-state index contributed by atoms with van der Waals surface area (Å²) in [5.74, 6) is 1.15. The summed E-state index contributed by atoms with van der Waals surface area (Å²) in [6.07, 6.45) is 8.60. The van der Waals surface area contributed by atoms with E-state index in [1.54, 1.807) is 11.1 Å². The number of benzene rings is 1. The van der Waals surface area contributed by atoms with Crippen LogP contribution in [0.25, 0.3) is 0 Å². The Morgan fingerprint density at radius 2 is 1.76 bits per heavy atom. The smallest absolute Gasteiger partial charge is 0.279 e. The Balaban J connectivity index is 0.984. The van der Waals surface area contributed by atoms with Gasteiger partial charge in [0.2, 0.25) is 0 Å². The lowest BCUT2D eigenvalue weighted by molar-refractivity contribution is 0.0617. The standard InChI is InChI=1S/C35H51F2N7O4S/c1-4-44(25(2)3)34(45)30-19-28(37)7-10-31(30)48-32-20-38-24-39-33(32)42-22-35(23-42)13-17-41(18-14-35)21-26-5-8-29(9-6-26)40-49(46,47)43-15-11-27(36)12-16-43/h7,10,19-20,24-27,29,40H,4-6,8-9,11-18,21-23H2,1-3H3/t26-,29-. The maximum atomic E-state index is 14.3. The number of likely N-dealkylation sites (tertiary alicyclic amines) is 1. The molecule has 49 heavy (non-hydrogen) atoms. The number of rotatable bonds is 11. The monoisotopic (exact) mass is 703 g/mol. The Morgan fingerprint density at radius 1 is 1.06 bits per heavy atom. The van der Waals surface area contributed by atoms with Gasteiger partial charge in [-0.3, -0.25) is 4.79 Å². The molecule has 1 spiro atoms. The normalized spacial score (nSPS) is 23.8. The average molecular weight is 704 g/mol. The van der Waals surface area contributed by atoms with Crippen LogP contribution in [0.5, 0.6) is 11.5 Å². The number of carbonyl (C=O) groups excluding carboxylic acids is 1. The molecule has 3 saturated heterocycles. The van der Waals surface area contributed by atoms with Gasteiger partial charge >= 0.3 is 0 Å². The highest BCUT2D eigenvalue weighted by atomic mass is 32.2. The molecule has 14 heteroatoms. The van der Waals surface area contributed by atoms with E-state index in [4.69, 9.17) is 4.74 Å². The van der Waals surface area contributed by atoms with Crippen LogP contribution in [0.2, 0.25) is 0 Å². The van der Waals surface area contributed by atoms with E-state index in [2.05, 4.69) is 24.5 Å². The molecule has 1 aromatic carbocycles. The molecule has 4 heterocycles. The first-order valence-corrected chi connectivity index (χ1v) is 19.4. The minimum absolute atomic E-state index is 0.0461. The van der Waals surface area contributed by atoms with Gasteiger partial charge in [0, 0.05) is 56.8 Å². The van der Waals surface area contributed by atoms with Crippen molar-refractivity contribution in [1.82, 2.24) is 28.8 Å². The van der Waals surface area contributed by atoms with Gasteiger partial charge in [-0.1, -0.05) is 0 Å². The van der Waals surface area contributed by atoms with Crippen molar-refractivity contribution in [3.05, 3.63) is 42.1 Å². The number of halogens is 2. The van der Waals surface area contributed by atoms with Gasteiger partial charge in [-0.2, -0.15) is 17.4 Å². The first-order chi connectivity index (χ1) is 23.4. The number of anilines is 1. The maximum absolute atomic E-state index is 14.3. The van der Waals surface area contributed by atoms with Crippen LogP contribution in [-0.4, -0.2) is 109 Å². The molecular formula is C35H51F2N7O4S. The number of carbonyl (C=O) groups is 1. The van der Waals surface area contributed by atoms with Crippen LogP contribution in [-0.2, 0) is 10.2 Å². The molecule has 1 saturated carbocycles. The summed E-state index contributed by atoms with van der Waals surface area (Å²) in [5, 5.41) is 0. The molecule has 4 fully saturated rings. The summed E-state index contributed by atoms with van der Waals surface area (Å²) in [6, 6.07) is 3.92. The number of nitrogens with zero attached hydrogens (tertiary/aromatic N) is 6. The van der Waals surface area contributed by atoms with Gasteiger partial charge in [-0.25, -0.2) is 18.7 Å². The topological polar surface area (TPSA) is 111 Å². The molecule has 3 aliphatic heterocycles. The molecule has 4 aliphatic rings. The summed E-state index contributed by atoms with van der Waals surface area (Å²) in [4.78, 5) is 28.5. The van der Waals surface area contributed by atoms with Crippen molar-refractivity contribution in [2.24, 2.45) is 11.3 Å². The zero-order chi connectivity index (χ0) is 34.8. The van der Waals surface area contributed by atoms with Crippen LogP contribution in [0.15, 0.2) is 30.7 Å². The number of piperidine rings is 2. The van der Waals surface area contributed by atoms with Gasteiger partial charge in [0.05, 0.1) is 11.8 Å². The van der Waals surface area contributed by atoms with Crippen molar-refractivity contribution in [3.63, 3.8) is 0 Å². The molecule has 0 radical (unpaired) electrons. The fraction of sp³-hybridized carbons (Fsp3) is 0.686. The van der Waals surface area contributed by atoms with Crippen molar-refractivity contribution >= 4 is 21.9 Å². The third-order valence-corrected chi connectivity index (χ3v) is 12.6. The summed E-state index contributed by atoms with van der Waals surface area (Å²) < 4.78 is 63.9. The molecule has 1 N–H and O–H groups in total. The van der Waals surface area contributed by atoms with Gasteiger partial charge in [-0.05, 0) is 109 Å². The molecule has 1 aromatic heterocycles. The molecular weight excluding hydrogens is 652 g/mol. The number of alkyl halides is 1. The number of amides is 1. The third-order valence-electron chi connectivity index (χ3n) is 10.9. The van der Waals surface area contributed by atoms with E-state index in [0.717, 1.165) is 71.2 Å². The average Bonchev–Trinajstić information content (AvgIpc) is 3.06. The molecule has 0 bridgehead atoms. The first kappa shape index (κ1) is 35.9. The Labute approximate surface area is 289 Å². The van der Waals surface area contributed by atoms with E-state index >= 15 is 0 Å². The summed E-state index contributed by atoms with van der Waals surface area (Å²) in [7, 11) is -3.56. The van der Waals surface area contributed by atoms with Crippen LogP contribution in [0.1, 0.15) is 82.5 Å². The predicted molar refractivity (Wildman–Crippen MR) is 184 cm³/mol. The molecule has 1 aliphatic carbocycles. The Bertz CT molecular complexity index is 1550. The minimum atomic E-state index is -3.56. The molecule has 1 amide bonds. The fourth-order valence-corrected chi connectivity index (χ4v) is 9.51. The number of hydrogen-bond donors (Lipinski definition) is 1. The first-order valence-electron chi connectivity index (χ1n) is 17.9. The highest BCUT2D eigenvalue weighted by molar-refractivity contribution is 7.87. The van der Waals surface area contributed by atoms with E-state index in [-0.39, 0.29) is 60.6 Å². The van der Waals surface area contributed by atoms with E-state index in [9.17, 15) is 22.0 Å². The lowest BCUT2D eigenvalue weighted by Gasteiger charge is -2.54.